The van der Waals surface area contributed by atoms with E-state index in [0.29, 0.717) is 12.3 Å². The average molecular weight is 260 g/mol. The van der Waals surface area contributed by atoms with Gasteiger partial charge in [-0.15, -0.1) is 0 Å². The molecule has 1 aliphatic rings. The van der Waals surface area contributed by atoms with Gasteiger partial charge in [-0.1, -0.05) is 32.1 Å². The zero-order chi connectivity index (χ0) is 13.2. The first-order valence-corrected chi connectivity index (χ1v) is 6.32. The Bertz CT molecular complexity index is 403. The fourth-order valence-corrected chi connectivity index (χ4v) is 2.61. The summed E-state index contributed by atoms with van der Waals surface area (Å²) in [6.07, 6.45) is 1.41. The van der Waals surface area contributed by atoms with Gasteiger partial charge >= 0.3 is 6.18 Å². The summed E-state index contributed by atoms with van der Waals surface area (Å²) in [5.41, 5.74) is -0.550. The second-order valence-electron chi connectivity index (χ2n) is 5.01. The van der Waals surface area contributed by atoms with Crippen LogP contribution in [-0.2, 0) is 12.6 Å². The van der Waals surface area contributed by atoms with Gasteiger partial charge in [0.25, 0.3) is 0 Å². The first kappa shape index (κ1) is 13.4. The van der Waals surface area contributed by atoms with Gasteiger partial charge in [0.15, 0.2) is 0 Å². The molecular weight excluding hydrogens is 244 g/mol. The van der Waals surface area contributed by atoms with Gasteiger partial charge < -0.3 is 0 Å². The fourth-order valence-electron chi connectivity index (χ4n) is 2.61. The van der Waals surface area contributed by atoms with Crippen molar-refractivity contribution in [3.8, 4) is 0 Å². The van der Waals surface area contributed by atoms with Crippen molar-refractivity contribution in [1.29, 1.82) is 0 Å². The van der Waals surface area contributed by atoms with E-state index in [9.17, 15) is 17.6 Å². The van der Waals surface area contributed by atoms with E-state index < -0.39 is 17.6 Å². The monoisotopic (exact) mass is 260 g/mol. The maximum atomic E-state index is 13.5. The van der Waals surface area contributed by atoms with E-state index in [1.807, 2.05) is 0 Å². The Hall–Kier alpha value is -1.06. The molecule has 1 aromatic rings. The van der Waals surface area contributed by atoms with Gasteiger partial charge in [0.05, 0.1) is 5.56 Å². The molecule has 0 radical (unpaired) electrons. The zero-order valence-corrected chi connectivity index (χ0v) is 10.1. The zero-order valence-electron chi connectivity index (χ0n) is 10.1. The van der Waals surface area contributed by atoms with E-state index in [4.69, 9.17) is 0 Å². The average Bonchev–Trinajstić information content (AvgIpc) is 2.32. The lowest BCUT2D eigenvalue weighted by Crippen LogP contribution is -2.12. The number of halogens is 4. The van der Waals surface area contributed by atoms with E-state index in [0.717, 1.165) is 43.9 Å². The highest BCUT2D eigenvalue weighted by Crippen LogP contribution is 2.32. The quantitative estimate of drug-likeness (QED) is 0.659. The Morgan fingerprint density at radius 1 is 1.06 bits per heavy atom. The van der Waals surface area contributed by atoms with Gasteiger partial charge in [-0.3, -0.25) is 0 Å². The summed E-state index contributed by atoms with van der Waals surface area (Å²) >= 11 is 0. The molecule has 0 saturated heterocycles. The molecule has 0 nitrogen and oxygen atoms in total. The highest BCUT2D eigenvalue weighted by Gasteiger charge is 2.31. The summed E-state index contributed by atoms with van der Waals surface area (Å²) < 4.78 is 51.2. The van der Waals surface area contributed by atoms with Gasteiger partial charge in [0.1, 0.15) is 5.82 Å². The van der Waals surface area contributed by atoms with E-state index in [1.54, 1.807) is 0 Å². The third-order valence-electron chi connectivity index (χ3n) is 3.61. The molecule has 2 rings (SSSR count). The molecule has 0 aromatic heterocycles. The van der Waals surface area contributed by atoms with Crippen LogP contribution in [0.3, 0.4) is 0 Å². The van der Waals surface area contributed by atoms with E-state index in [1.165, 1.54) is 6.42 Å². The lowest BCUT2D eigenvalue weighted by atomic mass is 9.84. The van der Waals surface area contributed by atoms with Crippen molar-refractivity contribution in [2.45, 2.75) is 44.7 Å². The van der Waals surface area contributed by atoms with Crippen LogP contribution in [0.5, 0.6) is 0 Å². The van der Waals surface area contributed by atoms with E-state index in [2.05, 4.69) is 0 Å². The normalized spacial score (nSPS) is 18.0. The minimum Gasteiger partial charge on any atom is -0.207 e. The highest BCUT2D eigenvalue weighted by atomic mass is 19.4. The molecule has 0 bridgehead atoms. The molecule has 100 valence electrons. The van der Waals surface area contributed by atoms with Crippen molar-refractivity contribution in [3.05, 3.63) is 35.1 Å². The van der Waals surface area contributed by atoms with Crippen molar-refractivity contribution >= 4 is 0 Å². The second-order valence-corrected chi connectivity index (χ2v) is 5.01. The Morgan fingerprint density at radius 2 is 1.72 bits per heavy atom. The minimum atomic E-state index is -4.39. The topological polar surface area (TPSA) is 0 Å². The number of rotatable bonds is 2. The number of hydrogen-bond donors (Lipinski definition) is 0. The molecule has 1 saturated carbocycles. The van der Waals surface area contributed by atoms with Crippen LogP contribution >= 0.6 is 0 Å². The standard InChI is InChI=1S/C14H16F4/c15-13-7-6-12(14(16,17)18)9-11(13)8-10-4-2-1-3-5-10/h6-7,9-10H,1-5,8H2. The molecule has 0 spiro atoms. The Labute approximate surface area is 104 Å². The lowest BCUT2D eigenvalue weighted by molar-refractivity contribution is -0.137. The summed E-state index contributed by atoms with van der Waals surface area (Å²) in [5, 5.41) is 0. The van der Waals surface area contributed by atoms with Gasteiger partial charge in [0.2, 0.25) is 0 Å². The summed E-state index contributed by atoms with van der Waals surface area (Å²) in [6, 6.07) is 2.70. The van der Waals surface area contributed by atoms with Gasteiger partial charge in [-0.05, 0) is 36.1 Å². The largest absolute Gasteiger partial charge is 0.416 e. The van der Waals surface area contributed by atoms with Crippen LogP contribution in [0, 0.1) is 11.7 Å². The molecule has 1 aromatic carbocycles. The Balaban J connectivity index is 2.15. The first-order chi connectivity index (χ1) is 8.47. The smallest absolute Gasteiger partial charge is 0.207 e. The molecular formula is C14H16F4. The Kier molecular flexibility index (Phi) is 3.93. The SMILES string of the molecule is Fc1ccc(C(F)(F)F)cc1CC1CCCCC1. The van der Waals surface area contributed by atoms with Crippen molar-refractivity contribution in [1.82, 2.24) is 0 Å². The molecule has 0 N–H and O–H groups in total. The summed E-state index contributed by atoms with van der Waals surface area (Å²) in [5.74, 6) is -0.190. The van der Waals surface area contributed by atoms with Gasteiger partial charge in [-0.2, -0.15) is 13.2 Å². The number of alkyl halides is 3. The molecule has 0 unspecified atom stereocenters. The molecule has 4 heteroatoms. The predicted molar refractivity (Wildman–Crippen MR) is 61.7 cm³/mol. The van der Waals surface area contributed by atoms with Crippen LogP contribution < -0.4 is 0 Å². The molecule has 1 aliphatic carbocycles. The first-order valence-electron chi connectivity index (χ1n) is 6.32. The van der Waals surface area contributed by atoms with E-state index in [-0.39, 0.29) is 5.56 Å². The maximum absolute atomic E-state index is 13.5. The van der Waals surface area contributed by atoms with Crippen molar-refractivity contribution in [3.63, 3.8) is 0 Å². The van der Waals surface area contributed by atoms with Crippen LogP contribution in [-0.4, -0.2) is 0 Å². The molecule has 0 heterocycles. The molecule has 0 aliphatic heterocycles. The van der Waals surface area contributed by atoms with Crippen LogP contribution in [0.15, 0.2) is 18.2 Å². The number of hydrogen-bond acceptors (Lipinski definition) is 0. The number of benzene rings is 1. The molecule has 0 atom stereocenters. The lowest BCUT2D eigenvalue weighted by Gasteiger charge is -2.22. The van der Waals surface area contributed by atoms with Crippen molar-refractivity contribution < 1.29 is 17.6 Å². The third-order valence-corrected chi connectivity index (χ3v) is 3.61. The van der Waals surface area contributed by atoms with Crippen LogP contribution in [0.4, 0.5) is 17.6 Å². The van der Waals surface area contributed by atoms with Crippen LogP contribution in [0.25, 0.3) is 0 Å². The summed E-state index contributed by atoms with van der Waals surface area (Å²) in [7, 11) is 0. The fraction of sp³-hybridized carbons (Fsp3) is 0.571. The van der Waals surface area contributed by atoms with Crippen molar-refractivity contribution in [2.24, 2.45) is 5.92 Å². The van der Waals surface area contributed by atoms with Crippen molar-refractivity contribution in [2.75, 3.05) is 0 Å². The van der Waals surface area contributed by atoms with E-state index >= 15 is 0 Å². The summed E-state index contributed by atoms with van der Waals surface area (Å²) in [6.45, 7) is 0. The highest BCUT2D eigenvalue weighted by molar-refractivity contribution is 5.27. The summed E-state index contributed by atoms with van der Waals surface area (Å²) in [4.78, 5) is 0. The van der Waals surface area contributed by atoms with Crippen LogP contribution in [0.1, 0.15) is 43.2 Å². The molecule has 1 fully saturated rings. The predicted octanol–water partition coefficient (Wildman–Crippen LogP) is 4.97. The molecule has 18 heavy (non-hydrogen) atoms. The van der Waals surface area contributed by atoms with Gasteiger partial charge in [-0.25, -0.2) is 4.39 Å². The van der Waals surface area contributed by atoms with Crippen LogP contribution in [0.2, 0.25) is 0 Å². The molecule has 0 amide bonds. The third kappa shape index (κ3) is 3.24. The maximum Gasteiger partial charge on any atom is 0.416 e. The Morgan fingerprint density at radius 3 is 2.33 bits per heavy atom. The second kappa shape index (κ2) is 5.29. The minimum absolute atomic E-state index is 0.205. The van der Waals surface area contributed by atoms with Gasteiger partial charge in [0, 0.05) is 0 Å².